The number of esters is 1. The number of hydrogen-bond acceptors (Lipinski definition) is 6. The van der Waals surface area contributed by atoms with Gasteiger partial charge in [-0.1, -0.05) is 12.1 Å². The highest BCUT2D eigenvalue weighted by atomic mass is 32.2. The lowest BCUT2D eigenvalue weighted by atomic mass is 10.2. The second-order valence-electron chi connectivity index (χ2n) is 5.69. The Hall–Kier alpha value is -2.32. The molecule has 0 fully saturated rings. The maximum atomic E-state index is 12.3. The van der Waals surface area contributed by atoms with E-state index in [9.17, 15) is 14.4 Å². The largest absolute Gasteiger partial charge is 0.462 e. The number of aryl methyl sites for hydroxylation is 1. The molecule has 1 aliphatic heterocycles. The first kappa shape index (κ1) is 18.5. The van der Waals surface area contributed by atoms with Crippen LogP contribution in [0.25, 0.3) is 0 Å². The second kappa shape index (κ2) is 7.92. The number of ether oxygens (including phenoxy) is 1. The topological polar surface area (TPSA) is 84.5 Å². The highest BCUT2D eigenvalue weighted by Gasteiger charge is 2.29. The molecule has 0 aliphatic carbocycles. The molecule has 0 unspecified atom stereocenters. The number of rotatable bonds is 5. The number of hydrogen-bond donors (Lipinski definition) is 2. The quantitative estimate of drug-likeness (QED) is 0.761. The predicted molar refractivity (Wildman–Crippen MR) is 103 cm³/mol. The van der Waals surface area contributed by atoms with Crippen molar-refractivity contribution in [3.63, 3.8) is 0 Å². The van der Waals surface area contributed by atoms with Crippen LogP contribution in [-0.2, 0) is 14.3 Å². The van der Waals surface area contributed by atoms with Gasteiger partial charge >= 0.3 is 5.97 Å². The Morgan fingerprint density at radius 1 is 1.31 bits per heavy atom. The average molecular weight is 390 g/mol. The molecule has 0 spiro atoms. The summed E-state index contributed by atoms with van der Waals surface area (Å²) < 4.78 is 5.00. The van der Waals surface area contributed by atoms with E-state index in [0.29, 0.717) is 16.5 Å². The summed E-state index contributed by atoms with van der Waals surface area (Å²) in [5.74, 6) is -0.846. The summed E-state index contributed by atoms with van der Waals surface area (Å²) in [5.41, 5.74) is 1.52. The molecule has 2 heterocycles. The zero-order chi connectivity index (χ0) is 18.7. The van der Waals surface area contributed by atoms with Gasteiger partial charge in [-0.05, 0) is 37.6 Å². The van der Waals surface area contributed by atoms with E-state index in [-0.39, 0.29) is 18.2 Å². The summed E-state index contributed by atoms with van der Waals surface area (Å²) in [7, 11) is 0. The van der Waals surface area contributed by atoms with Crippen molar-refractivity contribution in [3.8, 4) is 0 Å². The van der Waals surface area contributed by atoms with Crippen molar-refractivity contribution in [1.82, 2.24) is 0 Å². The molecule has 1 aromatic carbocycles. The van der Waals surface area contributed by atoms with Gasteiger partial charge in [0.05, 0.1) is 22.5 Å². The number of amides is 2. The van der Waals surface area contributed by atoms with Crippen LogP contribution >= 0.6 is 23.1 Å². The van der Waals surface area contributed by atoms with Crippen molar-refractivity contribution >= 4 is 51.6 Å². The van der Waals surface area contributed by atoms with Gasteiger partial charge in [0.1, 0.15) is 4.88 Å². The summed E-state index contributed by atoms with van der Waals surface area (Å²) >= 11 is 2.55. The third-order valence-corrected chi connectivity index (χ3v) is 6.13. The molecule has 0 saturated carbocycles. The summed E-state index contributed by atoms with van der Waals surface area (Å²) in [6.45, 7) is 3.84. The first-order valence-electron chi connectivity index (χ1n) is 8.12. The van der Waals surface area contributed by atoms with Crippen molar-refractivity contribution in [1.29, 1.82) is 0 Å². The molecule has 6 nitrogen and oxygen atoms in total. The van der Waals surface area contributed by atoms with E-state index in [0.717, 1.165) is 16.1 Å². The van der Waals surface area contributed by atoms with Crippen LogP contribution in [0.2, 0.25) is 0 Å². The molecule has 26 heavy (non-hydrogen) atoms. The molecule has 2 N–H and O–H groups in total. The minimum absolute atomic E-state index is 0.0521. The molecule has 0 saturated heterocycles. The second-order valence-corrected chi connectivity index (χ2v) is 7.98. The first-order valence-corrected chi connectivity index (χ1v) is 9.81. The molecule has 2 aromatic rings. The number of carbonyl (C=O) groups excluding carboxylic acids is 3. The molecule has 8 heteroatoms. The van der Waals surface area contributed by atoms with Gasteiger partial charge in [0.25, 0.3) is 0 Å². The van der Waals surface area contributed by atoms with Crippen LogP contribution in [0, 0.1) is 6.92 Å². The van der Waals surface area contributed by atoms with Crippen LogP contribution in [-0.4, -0.2) is 29.6 Å². The summed E-state index contributed by atoms with van der Waals surface area (Å²) in [6, 6.07) is 9.23. The standard InChI is InChI=1S/C18H18N2O4S2/c1-3-24-18(23)16-10(2)8-15(26-16)20-14(21)9-13-17(22)19-11-6-4-5-7-12(11)25-13/h4-8,13H,3,9H2,1-2H3,(H,19,22)(H,20,21)/t13-/m1/s1. The lowest BCUT2D eigenvalue weighted by Gasteiger charge is -2.23. The Balaban J connectivity index is 1.64. The van der Waals surface area contributed by atoms with E-state index in [1.54, 1.807) is 19.9 Å². The Morgan fingerprint density at radius 3 is 2.85 bits per heavy atom. The predicted octanol–water partition coefficient (Wildman–Crippen LogP) is 3.67. The van der Waals surface area contributed by atoms with Crippen LogP contribution in [0.1, 0.15) is 28.6 Å². The summed E-state index contributed by atoms with van der Waals surface area (Å²) in [6.07, 6.45) is 0.0521. The fraction of sp³-hybridized carbons (Fsp3) is 0.278. The number of benzene rings is 1. The third-order valence-electron chi connectivity index (χ3n) is 3.72. The van der Waals surface area contributed by atoms with Gasteiger partial charge in [0, 0.05) is 11.3 Å². The van der Waals surface area contributed by atoms with Gasteiger partial charge in [-0.3, -0.25) is 9.59 Å². The SMILES string of the molecule is CCOC(=O)c1sc(NC(=O)C[C@H]2Sc3ccccc3NC2=O)cc1C. The van der Waals surface area contributed by atoms with Gasteiger partial charge in [-0.2, -0.15) is 0 Å². The molecule has 1 aliphatic rings. The normalized spacial score (nSPS) is 15.8. The number of thioether (sulfide) groups is 1. The fourth-order valence-corrected chi connectivity index (χ4v) is 4.62. The Labute approximate surface area is 159 Å². The first-order chi connectivity index (χ1) is 12.5. The van der Waals surface area contributed by atoms with Crippen LogP contribution in [0.5, 0.6) is 0 Å². The lowest BCUT2D eigenvalue weighted by molar-refractivity contribution is -0.120. The molecule has 2 amide bonds. The lowest BCUT2D eigenvalue weighted by Crippen LogP contribution is -2.32. The van der Waals surface area contributed by atoms with Gasteiger partial charge < -0.3 is 15.4 Å². The Morgan fingerprint density at radius 2 is 2.08 bits per heavy atom. The smallest absolute Gasteiger partial charge is 0.348 e. The molecular weight excluding hydrogens is 372 g/mol. The van der Waals surface area contributed by atoms with Gasteiger partial charge in [-0.15, -0.1) is 23.1 Å². The van der Waals surface area contributed by atoms with E-state index in [2.05, 4.69) is 10.6 Å². The van der Waals surface area contributed by atoms with Gasteiger partial charge in [-0.25, -0.2) is 4.79 Å². The average Bonchev–Trinajstić information content (AvgIpc) is 2.96. The number of thiophene rings is 1. The van der Waals surface area contributed by atoms with E-state index < -0.39 is 11.2 Å². The number of carbonyl (C=O) groups is 3. The zero-order valence-electron chi connectivity index (χ0n) is 14.3. The van der Waals surface area contributed by atoms with E-state index >= 15 is 0 Å². The van der Waals surface area contributed by atoms with Crippen molar-refractivity contribution in [2.24, 2.45) is 0 Å². The van der Waals surface area contributed by atoms with Crippen LogP contribution in [0.15, 0.2) is 35.2 Å². The molecule has 0 bridgehead atoms. The molecule has 1 aromatic heterocycles. The van der Waals surface area contributed by atoms with Crippen molar-refractivity contribution in [2.75, 3.05) is 17.2 Å². The third kappa shape index (κ3) is 4.08. The van der Waals surface area contributed by atoms with Gasteiger partial charge in [0.15, 0.2) is 0 Å². The van der Waals surface area contributed by atoms with E-state index in [4.69, 9.17) is 4.74 Å². The molecule has 0 radical (unpaired) electrons. The van der Waals surface area contributed by atoms with Gasteiger partial charge in [0.2, 0.25) is 11.8 Å². The zero-order valence-corrected chi connectivity index (χ0v) is 16.0. The summed E-state index contributed by atoms with van der Waals surface area (Å²) in [5, 5.41) is 5.67. The highest BCUT2D eigenvalue weighted by molar-refractivity contribution is 8.01. The maximum absolute atomic E-state index is 12.3. The molecule has 1 atom stereocenters. The van der Waals surface area contributed by atoms with Crippen LogP contribution < -0.4 is 10.6 Å². The Kier molecular flexibility index (Phi) is 5.63. The number of nitrogens with one attached hydrogen (secondary N) is 2. The van der Waals surface area contributed by atoms with Crippen LogP contribution in [0.4, 0.5) is 10.7 Å². The number of anilines is 2. The monoisotopic (exact) mass is 390 g/mol. The number of para-hydroxylation sites is 1. The van der Waals surface area contributed by atoms with Crippen molar-refractivity contribution in [3.05, 3.63) is 40.8 Å². The fourth-order valence-electron chi connectivity index (χ4n) is 2.53. The highest BCUT2D eigenvalue weighted by Crippen LogP contribution is 2.37. The minimum Gasteiger partial charge on any atom is -0.462 e. The van der Waals surface area contributed by atoms with E-state index in [1.165, 1.54) is 23.1 Å². The molecular formula is C18H18N2O4S2. The Bertz CT molecular complexity index is 863. The summed E-state index contributed by atoms with van der Waals surface area (Å²) in [4.78, 5) is 37.8. The number of fused-ring (bicyclic) bond motifs is 1. The van der Waals surface area contributed by atoms with Crippen LogP contribution in [0.3, 0.4) is 0 Å². The molecule has 3 rings (SSSR count). The minimum atomic E-state index is -0.490. The molecule has 136 valence electrons. The van der Waals surface area contributed by atoms with E-state index in [1.807, 2.05) is 24.3 Å². The van der Waals surface area contributed by atoms with Crippen molar-refractivity contribution < 1.29 is 19.1 Å². The maximum Gasteiger partial charge on any atom is 0.348 e. The van der Waals surface area contributed by atoms with Crippen molar-refractivity contribution in [2.45, 2.75) is 30.4 Å².